The molecule has 3 N–H and O–H groups in total. The SMILES string of the molecule is COc1ccc(N)cc1C(=O)NC(C)c1ccccc1. The summed E-state index contributed by atoms with van der Waals surface area (Å²) in [5.41, 5.74) is 7.74. The lowest BCUT2D eigenvalue weighted by Crippen LogP contribution is -2.27. The van der Waals surface area contributed by atoms with Crippen molar-refractivity contribution in [1.82, 2.24) is 5.32 Å². The molecule has 1 atom stereocenters. The van der Waals surface area contributed by atoms with Crippen LogP contribution in [0.2, 0.25) is 0 Å². The van der Waals surface area contributed by atoms with Gasteiger partial charge in [-0.3, -0.25) is 4.79 Å². The van der Waals surface area contributed by atoms with Crippen LogP contribution < -0.4 is 15.8 Å². The van der Waals surface area contributed by atoms with E-state index in [2.05, 4.69) is 5.32 Å². The highest BCUT2D eigenvalue weighted by Gasteiger charge is 2.15. The molecule has 0 spiro atoms. The number of hydrogen-bond acceptors (Lipinski definition) is 3. The Bertz CT molecular complexity index is 597. The molecule has 0 fully saturated rings. The van der Waals surface area contributed by atoms with E-state index in [1.807, 2.05) is 37.3 Å². The summed E-state index contributed by atoms with van der Waals surface area (Å²) in [7, 11) is 1.53. The molecule has 1 unspecified atom stereocenters. The van der Waals surface area contributed by atoms with Crippen LogP contribution in [0.15, 0.2) is 48.5 Å². The average Bonchev–Trinajstić information content (AvgIpc) is 2.48. The summed E-state index contributed by atoms with van der Waals surface area (Å²) in [5, 5.41) is 2.94. The van der Waals surface area contributed by atoms with Gasteiger partial charge in [-0.15, -0.1) is 0 Å². The molecule has 104 valence electrons. The summed E-state index contributed by atoms with van der Waals surface area (Å²) in [5.74, 6) is 0.308. The van der Waals surface area contributed by atoms with Crippen molar-refractivity contribution in [2.75, 3.05) is 12.8 Å². The van der Waals surface area contributed by atoms with Gasteiger partial charge in [-0.2, -0.15) is 0 Å². The molecule has 2 rings (SSSR count). The number of hydrogen-bond donors (Lipinski definition) is 2. The van der Waals surface area contributed by atoms with Gasteiger partial charge in [0.1, 0.15) is 5.75 Å². The molecule has 2 aromatic carbocycles. The molecule has 2 aromatic rings. The average molecular weight is 270 g/mol. The second kappa shape index (κ2) is 6.10. The number of rotatable bonds is 4. The van der Waals surface area contributed by atoms with Gasteiger partial charge in [-0.1, -0.05) is 30.3 Å². The van der Waals surface area contributed by atoms with E-state index in [9.17, 15) is 4.79 Å². The Hall–Kier alpha value is -2.49. The number of carbonyl (C=O) groups excluding carboxylic acids is 1. The number of ether oxygens (including phenoxy) is 1. The van der Waals surface area contributed by atoms with Gasteiger partial charge in [0, 0.05) is 5.69 Å². The first kappa shape index (κ1) is 13.9. The van der Waals surface area contributed by atoms with E-state index < -0.39 is 0 Å². The minimum atomic E-state index is -0.203. The summed E-state index contributed by atoms with van der Waals surface area (Å²) in [6.45, 7) is 1.94. The van der Waals surface area contributed by atoms with Crippen molar-refractivity contribution in [1.29, 1.82) is 0 Å². The first-order valence-corrected chi connectivity index (χ1v) is 6.41. The molecule has 0 aliphatic rings. The Kier molecular flexibility index (Phi) is 4.25. The van der Waals surface area contributed by atoms with Crippen molar-refractivity contribution in [2.24, 2.45) is 0 Å². The number of anilines is 1. The molecule has 0 saturated carbocycles. The molecule has 1 amide bonds. The van der Waals surface area contributed by atoms with Gasteiger partial charge in [0.15, 0.2) is 0 Å². The summed E-state index contributed by atoms with van der Waals surface area (Å²) in [4.78, 5) is 12.3. The summed E-state index contributed by atoms with van der Waals surface area (Å²) in [6.07, 6.45) is 0. The summed E-state index contributed by atoms with van der Waals surface area (Å²) >= 11 is 0. The molecule has 0 heterocycles. The molecular formula is C16H18N2O2. The summed E-state index contributed by atoms with van der Waals surface area (Å²) < 4.78 is 5.19. The lowest BCUT2D eigenvalue weighted by Gasteiger charge is -2.16. The number of methoxy groups -OCH3 is 1. The monoisotopic (exact) mass is 270 g/mol. The van der Waals surface area contributed by atoms with Crippen molar-refractivity contribution in [3.63, 3.8) is 0 Å². The summed E-state index contributed by atoms with van der Waals surface area (Å²) in [6, 6.07) is 14.7. The second-order valence-corrected chi connectivity index (χ2v) is 4.57. The predicted octanol–water partition coefficient (Wildman–Crippen LogP) is 2.77. The van der Waals surface area contributed by atoms with Crippen LogP contribution in [0.3, 0.4) is 0 Å². The molecule has 0 radical (unpaired) electrons. The van der Waals surface area contributed by atoms with Gasteiger partial charge >= 0.3 is 0 Å². The van der Waals surface area contributed by atoms with E-state index in [0.29, 0.717) is 17.0 Å². The Morgan fingerprint density at radius 2 is 1.90 bits per heavy atom. The third-order valence-electron chi connectivity index (χ3n) is 3.12. The van der Waals surface area contributed by atoms with Gasteiger partial charge in [-0.05, 0) is 30.7 Å². The van der Waals surface area contributed by atoms with Crippen molar-refractivity contribution >= 4 is 11.6 Å². The van der Waals surface area contributed by atoms with Gasteiger partial charge in [0.2, 0.25) is 0 Å². The molecule has 0 saturated heterocycles. The van der Waals surface area contributed by atoms with E-state index in [1.54, 1.807) is 18.2 Å². The topological polar surface area (TPSA) is 64.3 Å². The Morgan fingerprint density at radius 3 is 2.55 bits per heavy atom. The van der Waals surface area contributed by atoms with Crippen molar-refractivity contribution < 1.29 is 9.53 Å². The Balaban J connectivity index is 2.18. The molecule has 4 heteroatoms. The first-order valence-electron chi connectivity index (χ1n) is 6.41. The van der Waals surface area contributed by atoms with Crippen LogP contribution in [0.4, 0.5) is 5.69 Å². The maximum atomic E-state index is 12.3. The van der Waals surface area contributed by atoms with Gasteiger partial charge in [0.25, 0.3) is 5.91 Å². The van der Waals surface area contributed by atoms with E-state index in [1.165, 1.54) is 7.11 Å². The van der Waals surface area contributed by atoms with Gasteiger partial charge in [0.05, 0.1) is 18.7 Å². The minimum absolute atomic E-state index is 0.0881. The number of nitrogens with one attached hydrogen (secondary N) is 1. The van der Waals surface area contributed by atoms with E-state index in [4.69, 9.17) is 10.5 Å². The zero-order valence-corrected chi connectivity index (χ0v) is 11.6. The zero-order valence-electron chi connectivity index (χ0n) is 11.6. The van der Waals surface area contributed by atoms with Gasteiger partial charge in [-0.25, -0.2) is 0 Å². The van der Waals surface area contributed by atoms with Crippen molar-refractivity contribution in [2.45, 2.75) is 13.0 Å². The van der Waals surface area contributed by atoms with Crippen LogP contribution in [0.5, 0.6) is 5.75 Å². The van der Waals surface area contributed by atoms with E-state index >= 15 is 0 Å². The van der Waals surface area contributed by atoms with Crippen LogP contribution >= 0.6 is 0 Å². The molecule has 4 nitrogen and oxygen atoms in total. The Labute approximate surface area is 118 Å². The van der Waals surface area contributed by atoms with E-state index in [-0.39, 0.29) is 11.9 Å². The number of nitrogens with two attached hydrogens (primary N) is 1. The first-order chi connectivity index (χ1) is 9.61. The number of amides is 1. The highest BCUT2D eigenvalue weighted by atomic mass is 16.5. The number of benzene rings is 2. The van der Waals surface area contributed by atoms with Crippen molar-refractivity contribution in [3.05, 3.63) is 59.7 Å². The highest BCUT2D eigenvalue weighted by molar-refractivity contribution is 5.98. The fourth-order valence-corrected chi connectivity index (χ4v) is 2.00. The smallest absolute Gasteiger partial charge is 0.255 e. The largest absolute Gasteiger partial charge is 0.496 e. The molecule has 0 bridgehead atoms. The lowest BCUT2D eigenvalue weighted by molar-refractivity contribution is 0.0937. The minimum Gasteiger partial charge on any atom is -0.496 e. The second-order valence-electron chi connectivity index (χ2n) is 4.57. The van der Waals surface area contributed by atoms with Crippen LogP contribution in [-0.2, 0) is 0 Å². The van der Waals surface area contributed by atoms with Crippen LogP contribution in [0.1, 0.15) is 28.9 Å². The Morgan fingerprint density at radius 1 is 1.20 bits per heavy atom. The third-order valence-corrected chi connectivity index (χ3v) is 3.12. The molecule has 20 heavy (non-hydrogen) atoms. The zero-order chi connectivity index (χ0) is 14.5. The van der Waals surface area contributed by atoms with Crippen LogP contribution in [0.25, 0.3) is 0 Å². The molecule has 0 aliphatic carbocycles. The molecule has 0 aromatic heterocycles. The van der Waals surface area contributed by atoms with Crippen molar-refractivity contribution in [3.8, 4) is 5.75 Å². The van der Waals surface area contributed by atoms with Gasteiger partial charge < -0.3 is 15.8 Å². The highest BCUT2D eigenvalue weighted by Crippen LogP contribution is 2.22. The fraction of sp³-hybridized carbons (Fsp3) is 0.188. The maximum Gasteiger partial charge on any atom is 0.255 e. The van der Waals surface area contributed by atoms with Crippen LogP contribution in [-0.4, -0.2) is 13.0 Å². The molecule has 0 aliphatic heterocycles. The van der Waals surface area contributed by atoms with Crippen LogP contribution in [0, 0.1) is 0 Å². The quantitative estimate of drug-likeness (QED) is 0.840. The number of carbonyl (C=O) groups is 1. The maximum absolute atomic E-state index is 12.3. The lowest BCUT2D eigenvalue weighted by atomic mass is 10.1. The van der Waals surface area contributed by atoms with E-state index in [0.717, 1.165) is 5.56 Å². The number of nitrogen functional groups attached to an aromatic ring is 1. The third kappa shape index (κ3) is 3.09. The fourth-order valence-electron chi connectivity index (χ4n) is 2.00. The standard InChI is InChI=1S/C16H18N2O2/c1-11(12-6-4-3-5-7-12)18-16(19)14-10-13(17)8-9-15(14)20-2/h3-11H,17H2,1-2H3,(H,18,19). The predicted molar refractivity (Wildman–Crippen MR) is 79.7 cm³/mol. The molecular weight excluding hydrogens is 252 g/mol. The normalized spacial score (nSPS) is 11.7.